The van der Waals surface area contributed by atoms with Gasteiger partial charge in [0.15, 0.2) is 0 Å². The fourth-order valence-corrected chi connectivity index (χ4v) is 10.8. The highest BCUT2D eigenvalue weighted by molar-refractivity contribution is 6.13. The number of aromatic nitrogens is 6. The van der Waals surface area contributed by atoms with Gasteiger partial charge in [0.25, 0.3) is 0 Å². The number of benzene rings is 6. The quantitative estimate of drug-likeness (QED) is 0.159. The molecule has 14 rings (SSSR count). The lowest BCUT2D eigenvalue weighted by Gasteiger charge is -2.21. The highest BCUT2D eigenvalue weighted by Gasteiger charge is 2.23. The summed E-state index contributed by atoms with van der Waals surface area (Å²) in [6.45, 7) is 0. The first-order chi connectivity index (χ1) is 34.2. The number of fused-ring (bicyclic) bond motifs is 9. The van der Waals surface area contributed by atoms with Crippen molar-refractivity contribution in [3.63, 3.8) is 0 Å². The number of pyridine rings is 4. The number of hydrogen-bond donors (Lipinski definition) is 0. The molecule has 0 saturated carbocycles. The Morgan fingerprint density at radius 3 is 1.87 bits per heavy atom. The number of hydrogen-bond acceptors (Lipinski definition) is 5. The molecule has 0 bridgehead atoms. The van der Waals surface area contributed by atoms with Crippen LogP contribution in [0.3, 0.4) is 0 Å². The predicted molar refractivity (Wildman–Crippen MR) is 281 cm³/mol. The fraction of sp³-hybridized carbons (Fsp3) is 0.0323. The molecule has 1 aliphatic rings. The normalized spacial score (nSPS) is 13.9. The minimum atomic E-state index is 0.187. The van der Waals surface area contributed by atoms with Crippen LogP contribution in [-0.2, 0) is 0 Å². The van der Waals surface area contributed by atoms with E-state index in [0.29, 0.717) is 0 Å². The molecule has 7 heterocycles. The van der Waals surface area contributed by atoms with Crippen molar-refractivity contribution in [2.75, 3.05) is 0 Å². The molecule has 6 aromatic carbocycles. The zero-order chi connectivity index (χ0) is 45.4. The molecule has 0 radical (unpaired) electrons. The van der Waals surface area contributed by atoms with Crippen LogP contribution in [0.2, 0.25) is 0 Å². The summed E-state index contributed by atoms with van der Waals surface area (Å²) in [5.74, 6) is 0.187. The number of nitrogens with zero attached hydrogens (tertiary/aromatic N) is 6. The van der Waals surface area contributed by atoms with Crippen molar-refractivity contribution in [2.45, 2.75) is 12.3 Å². The van der Waals surface area contributed by atoms with Crippen LogP contribution < -0.4 is 0 Å². The van der Waals surface area contributed by atoms with Crippen molar-refractivity contribution in [1.29, 1.82) is 0 Å². The number of rotatable bonds is 7. The second-order valence-electron chi connectivity index (χ2n) is 17.7. The van der Waals surface area contributed by atoms with Crippen LogP contribution in [0.5, 0.6) is 0 Å². The van der Waals surface area contributed by atoms with Gasteiger partial charge in [-0.15, -0.1) is 0 Å². The highest BCUT2D eigenvalue weighted by Crippen LogP contribution is 2.43. The van der Waals surface area contributed by atoms with Crippen molar-refractivity contribution >= 4 is 71.4 Å². The van der Waals surface area contributed by atoms with Gasteiger partial charge < -0.3 is 13.6 Å². The molecular formula is C62H40N6O. The van der Waals surface area contributed by atoms with Gasteiger partial charge in [-0.2, -0.15) is 0 Å². The van der Waals surface area contributed by atoms with Crippen molar-refractivity contribution in [2.24, 2.45) is 0 Å². The number of allylic oxidation sites excluding steroid dienone is 4. The Kier molecular flexibility index (Phi) is 8.89. The second kappa shape index (κ2) is 15.7. The topological polar surface area (TPSA) is 74.6 Å². The molecular weight excluding hydrogens is 845 g/mol. The first kappa shape index (κ1) is 39.0. The molecule has 324 valence electrons. The summed E-state index contributed by atoms with van der Waals surface area (Å²) < 4.78 is 11.5. The monoisotopic (exact) mass is 884 g/mol. The van der Waals surface area contributed by atoms with Gasteiger partial charge in [-0.3, -0.25) is 19.9 Å². The van der Waals surface area contributed by atoms with Crippen LogP contribution in [0.15, 0.2) is 229 Å². The van der Waals surface area contributed by atoms with Crippen LogP contribution in [0.4, 0.5) is 0 Å². The van der Waals surface area contributed by atoms with Gasteiger partial charge in [-0.05, 0) is 137 Å². The largest absolute Gasteiger partial charge is 0.455 e. The zero-order valence-corrected chi connectivity index (χ0v) is 37.2. The molecule has 13 aromatic rings. The Balaban J connectivity index is 0.861. The third kappa shape index (κ3) is 6.28. The lowest BCUT2D eigenvalue weighted by Crippen LogP contribution is -2.05. The third-order valence-electron chi connectivity index (χ3n) is 13.9. The molecule has 69 heavy (non-hydrogen) atoms. The molecule has 0 amide bonds. The van der Waals surface area contributed by atoms with Gasteiger partial charge >= 0.3 is 0 Å². The Morgan fingerprint density at radius 2 is 1.10 bits per heavy atom. The van der Waals surface area contributed by atoms with E-state index in [9.17, 15) is 0 Å². The molecule has 1 aliphatic carbocycles. The minimum Gasteiger partial charge on any atom is -0.455 e. The van der Waals surface area contributed by atoms with Gasteiger partial charge in [0.05, 0.1) is 38.8 Å². The van der Waals surface area contributed by atoms with Gasteiger partial charge in [0.2, 0.25) is 0 Å². The number of para-hydroxylation sites is 1. The number of furan rings is 1. The minimum absolute atomic E-state index is 0.187. The van der Waals surface area contributed by atoms with Crippen molar-refractivity contribution in [1.82, 2.24) is 29.1 Å². The summed E-state index contributed by atoms with van der Waals surface area (Å²) in [6.07, 6.45) is 15.1. The van der Waals surface area contributed by atoms with Crippen LogP contribution >= 0.6 is 0 Å². The first-order valence-corrected chi connectivity index (χ1v) is 23.4. The third-order valence-corrected chi connectivity index (χ3v) is 13.9. The Morgan fingerprint density at radius 1 is 0.435 bits per heavy atom. The maximum absolute atomic E-state index is 6.82. The highest BCUT2D eigenvalue weighted by atomic mass is 16.3. The fourth-order valence-electron chi connectivity index (χ4n) is 10.8. The van der Waals surface area contributed by atoms with E-state index in [4.69, 9.17) is 19.4 Å². The smallest absolute Gasteiger partial charge is 0.143 e. The molecule has 0 saturated heterocycles. The maximum atomic E-state index is 6.82. The lowest BCUT2D eigenvalue weighted by molar-refractivity contribution is 0.670. The molecule has 7 aromatic heterocycles. The molecule has 7 heteroatoms. The average molecular weight is 885 g/mol. The van der Waals surface area contributed by atoms with Gasteiger partial charge in [-0.25, -0.2) is 0 Å². The standard InChI is InChI=1S/C62H40N6O/c1-3-17-47(53-21-5-7-31-63-53)44(15-1)40-25-28-55-51(36-40)60-57(23-11-33-65-60)67(55)42-14-9-13-39(35-42)46-19-10-20-49-50-38-43(27-30-59(50)69-62(46)49)68-56-29-26-41(37-52(56)61-58(68)24-12-34-66-61)45-16-2-4-18-48(45)54-22-6-8-32-64-54/h1-17,19-38,48H,18H2. The van der Waals surface area contributed by atoms with Crippen molar-refractivity contribution < 1.29 is 4.42 Å². The van der Waals surface area contributed by atoms with E-state index >= 15 is 0 Å². The SMILES string of the molecule is C1=CCC(c2ccccn2)C(c2ccc3c(c2)c2ncccc2n3-c2ccc3oc4c(-c5cccc(-n6c7ccc(-c8ccccc8-c8ccccn8)cc7c7ncccc76)c5)cccc4c3c2)=C1. The first-order valence-electron chi connectivity index (χ1n) is 23.4. The molecule has 0 N–H and O–H groups in total. The van der Waals surface area contributed by atoms with Gasteiger partial charge in [-0.1, -0.05) is 97.1 Å². The summed E-state index contributed by atoms with van der Waals surface area (Å²) >= 11 is 0. The van der Waals surface area contributed by atoms with E-state index in [1.54, 1.807) is 0 Å². The molecule has 7 nitrogen and oxygen atoms in total. The van der Waals surface area contributed by atoms with Crippen LogP contribution in [0.25, 0.3) is 116 Å². The Bertz CT molecular complexity index is 4230. The van der Waals surface area contributed by atoms with E-state index in [1.807, 2.05) is 55.1 Å². The van der Waals surface area contributed by atoms with Gasteiger partial charge in [0, 0.05) is 80.4 Å². The molecule has 0 spiro atoms. The summed E-state index contributed by atoms with van der Waals surface area (Å²) in [7, 11) is 0. The van der Waals surface area contributed by atoms with E-state index in [2.05, 4.69) is 184 Å². The zero-order valence-electron chi connectivity index (χ0n) is 37.2. The summed E-state index contributed by atoms with van der Waals surface area (Å²) in [5.41, 5.74) is 19.9. The van der Waals surface area contributed by atoms with E-state index in [-0.39, 0.29) is 5.92 Å². The van der Waals surface area contributed by atoms with E-state index < -0.39 is 0 Å². The van der Waals surface area contributed by atoms with Crippen molar-refractivity contribution in [3.05, 3.63) is 236 Å². The Labute approximate surface area is 396 Å². The van der Waals surface area contributed by atoms with Crippen LogP contribution in [0, 0.1) is 0 Å². The molecule has 0 aliphatic heterocycles. The molecule has 1 atom stereocenters. The second-order valence-corrected chi connectivity index (χ2v) is 17.7. The van der Waals surface area contributed by atoms with Gasteiger partial charge in [0.1, 0.15) is 11.2 Å². The van der Waals surface area contributed by atoms with Crippen LogP contribution in [0.1, 0.15) is 23.6 Å². The maximum Gasteiger partial charge on any atom is 0.143 e. The molecule has 1 unspecified atom stereocenters. The summed E-state index contributed by atoms with van der Waals surface area (Å²) in [5, 5.41) is 4.32. The predicted octanol–water partition coefficient (Wildman–Crippen LogP) is 15.5. The van der Waals surface area contributed by atoms with E-state index in [0.717, 1.165) is 123 Å². The van der Waals surface area contributed by atoms with Crippen molar-refractivity contribution in [3.8, 4) is 44.9 Å². The summed E-state index contributed by atoms with van der Waals surface area (Å²) in [4.78, 5) is 19.3. The average Bonchev–Trinajstić information content (AvgIpc) is 4.08. The lowest BCUT2D eigenvalue weighted by atomic mass is 9.84. The van der Waals surface area contributed by atoms with Crippen LogP contribution in [-0.4, -0.2) is 29.1 Å². The Hall–Kier alpha value is -9.20. The molecule has 0 fully saturated rings. The van der Waals surface area contributed by atoms with E-state index in [1.165, 1.54) is 11.1 Å². The summed E-state index contributed by atoms with van der Waals surface area (Å²) in [6, 6.07) is 64.4.